The van der Waals surface area contributed by atoms with E-state index in [0.717, 1.165) is 27.7 Å². The molecule has 0 fully saturated rings. The van der Waals surface area contributed by atoms with Gasteiger partial charge in [-0.3, -0.25) is 0 Å². The average molecular weight is 385 g/mol. The molecule has 2 aromatic carbocycles. The molecule has 1 N–H and O–H groups in total. The third-order valence-electron chi connectivity index (χ3n) is 5.41. The zero-order chi connectivity index (χ0) is 19.3. The summed E-state index contributed by atoms with van der Waals surface area (Å²) in [5.74, 6) is 0.708. The second-order valence-electron chi connectivity index (χ2n) is 7.31. The number of rotatable bonds is 3. The first-order valence-electron chi connectivity index (χ1n) is 9.06. The molecule has 27 heavy (non-hydrogen) atoms. The van der Waals surface area contributed by atoms with E-state index in [2.05, 4.69) is 30.1 Å². The first-order chi connectivity index (χ1) is 12.8. The van der Waals surface area contributed by atoms with Crippen LogP contribution in [0.25, 0.3) is 10.9 Å². The van der Waals surface area contributed by atoms with Gasteiger partial charge in [-0.1, -0.05) is 11.6 Å². The van der Waals surface area contributed by atoms with Crippen LogP contribution in [0.1, 0.15) is 27.9 Å². The number of hydrogen-bond acceptors (Lipinski definition) is 3. The molecule has 0 saturated heterocycles. The summed E-state index contributed by atoms with van der Waals surface area (Å²) in [6.07, 6.45) is 0.691. The molecular formula is C21H24N2O3S. The average Bonchev–Trinajstić information content (AvgIpc) is 3.00. The molecule has 6 heteroatoms. The predicted molar refractivity (Wildman–Crippen MR) is 107 cm³/mol. The van der Waals surface area contributed by atoms with Crippen molar-refractivity contribution in [2.24, 2.45) is 0 Å². The fourth-order valence-electron chi connectivity index (χ4n) is 3.91. The number of aryl methyl sites for hydroxylation is 3. The normalized spacial score (nSPS) is 15.1. The number of fused-ring (bicyclic) bond motifs is 3. The predicted octanol–water partition coefficient (Wildman–Crippen LogP) is 3.85. The second kappa shape index (κ2) is 6.39. The van der Waals surface area contributed by atoms with Gasteiger partial charge in [-0.15, -0.1) is 0 Å². The smallest absolute Gasteiger partial charge is 0.243 e. The van der Waals surface area contributed by atoms with Crippen molar-refractivity contribution >= 4 is 20.9 Å². The lowest BCUT2D eigenvalue weighted by atomic mass is 10.0. The van der Waals surface area contributed by atoms with Crippen molar-refractivity contribution in [2.75, 3.05) is 13.7 Å². The summed E-state index contributed by atoms with van der Waals surface area (Å²) in [6, 6.07) is 9.79. The van der Waals surface area contributed by atoms with Gasteiger partial charge in [0.25, 0.3) is 0 Å². The standard InChI is InChI=1S/C21H24N2O3S/c1-13-5-6-18-16(9-13)17-12-23(8-7-19(17)22-18)27(24,25)21-11-14(2)20(26-4)10-15(21)3/h5-6,9-11,22H,7-8,12H2,1-4H3. The largest absolute Gasteiger partial charge is 0.496 e. The van der Waals surface area contributed by atoms with E-state index in [-0.39, 0.29) is 0 Å². The first-order valence-corrected chi connectivity index (χ1v) is 10.5. The monoisotopic (exact) mass is 384 g/mol. The van der Waals surface area contributed by atoms with Gasteiger partial charge in [0.05, 0.1) is 12.0 Å². The van der Waals surface area contributed by atoms with Crippen LogP contribution in [0.4, 0.5) is 0 Å². The lowest BCUT2D eigenvalue weighted by Crippen LogP contribution is -2.36. The van der Waals surface area contributed by atoms with E-state index in [1.165, 1.54) is 5.56 Å². The molecule has 0 aliphatic carbocycles. The molecule has 0 unspecified atom stereocenters. The van der Waals surface area contributed by atoms with E-state index in [1.807, 2.05) is 13.8 Å². The third-order valence-corrected chi connectivity index (χ3v) is 7.39. The molecule has 142 valence electrons. The number of ether oxygens (including phenoxy) is 1. The number of methoxy groups -OCH3 is 1. The Morgan fingerprint density at radius 3 is 2.59 bits per heavy atom. The van der Waals surface area contributed by atoms with Crippen LogP contribution in [0, 0.1) is 20.8 Å². The molecule has 2 heterocycles. The van der Waals surface area contributed by atoms with Crippen LogP contribution in [0.2, 0.25) is 0 Å². The molecule has 0 spiro atoms. The molecular weight excluding hydrogens is 360 g/mol. The van der Waals surface area contributed by atoms with E-state index in [1.54, 1.807) is 23.5 Å². The molecule has 3 aromatic rings. The fraction of sp³-hybridized carbons (Fsp3) is 0.333. The molecule has 4 rings (SSSR count). The van der Waals surface area contributed by atoms with Gasteiger partial charge in [0, 0.05) is 36.1 Å². The molecule has 1 aliphatic heterocycles. The van der Waals surface area contributed by atoms with Gasteiger partial charge in [-0.25, -0.2) is 8.42 Å². The molecule has 0 saturated carbocycles. The molecule has 0 radical (unpaired) electrons. The van der Waals surface area contributed by atoms with Gasteiger partial charge in [0.2, 0.25) is 10.0 Å². The van der Waals surface area contributed by atoms with Crippen molar-refractivity contribution in [3.63, 3.8) is 0 Å². The second-order valence-corrected chi connectivity index (χ2v) is 9.21. The van der Waals surface area contributed by atoms with Crippen LogP contribution in [0.3, 0.4) is 0 Å². The number of sulfonamides is 1. The highest BCUT2D eigenvalue weighted by atomic mass is 32.2. The summed E-state index contributed by atoms with van der Waals surface area (Å²) in [4.78, 5) is 3.81. The van der Waals surface area contributed by atoms with Crippen molar-refractivity contribution in [2.45, 2.75) is 38.6 Å². The minimum absolute atomic E-state index is 0.361. The van der Waals surface area contributed by atoms with Gasteiger partial charge >= 0.3 is 0 Å². The Kier molecular flexibility index (Phi) is 4.28. The summed E-state index contributed by atoms with van der Waals surface area (Å²) >= 11 is 0. The minimum Gasteiger partial charge on any atom is -0.496 e. The molecule has 1 aromatic heterocycles. The minimum atomic E-state index is -3.58. The number of aromatic amines is 1. The lowest BCUT2D eigenvalue weighted by Gasteiger charge is -2.27. The van der Waals surface area contributed by atoms with Crippen molar-refractivity contribution < 1.29 is 13.2 Å². The zero-order valence-corrected chi connectivity index (χ0v) is 16.9. The van der Waals surface area contributed by atoms with Crippen LogP contribution < -0.4 is 4.74 Å². The number of hydrogen-bond donors (Lipinski definition) is 1. The van der Waals surface area contributed by atoms with Gasteiger partial charge < -0.3 is 9.72 Å². The summed E-state index contributed by atoms with van der Waals surface area (Å²) < 4.78 is 33.7. The number of nitrogens with zero attached hydrogens (tertiary/aromatic N) is 1. The Morgan fingerprint density at radius 1 is 1.07 bits per heavy atom. The molecule has 1 aliphatic rings. The van der Waals surface area contributed by atoms with Crippen molar-refractivity contribution in [1.29, 1.82) is 0 Å². The van der Waals surface area contributed by atoms with Gasteiger partial charge in [-0.05, 0) is 61.7 Å². The number of benzene rings is 2. The van der Waals surface area contributed by atoms with Crippen LogP contribution in [-0.2, 0) is 23.0 Å². The van der Waals surface area contributed by atoms with E-state index in [9.17, 15) is 8.42 Å². The zero-order valence-electron chi connectivity index (χ0n) is 16.1. The SMILES string of the molecule is COc1cc(C)c(S(=O)(=O)N2CCc3[nH]c4ccc(C)cc4c3C2)cc1C. The highest BCUT2D eigenvalue weighted by Gasteiger charge is 2.31. The number of H-pyrrole nitrogens is 1. The van der Waals surface area contributed by atoms with E-state index >= 15 is 0 Å². The first kappa shape index (κ1) is 18.1. The van der Waals surface area contributed by atoms with Crippen LogP contribution in [-0.4, -0.2) is 31.4 Å². The van der Waals surface area contributed by atoms with Crippen LogP contribution in [0.5, 0.6) is 5.75 Å². The van der Waals surface area contributed by atoms with Gasteiger partial charge in [0.15, 0.2) is 0 Å². The topological polar surface area (TPSA) is 62.4 Å². The van der Waals surface area contributed by atoms with Gasteiger partial charge in [-0.2, -0.15) is 4.31 Å². The summed E-state index contributed by atoms with van der Waals surface area (Å²) in [7, 11) is -1.98. The molecule has 0 amide bonds. The van der Waals surface area contributed by atoms with Crippen LogP contribution in [0.15, 0.2) is 35.2 Å². The third kappa shape index (κ3) is 2.93. The molecule has 5 nitrogen and oxygen atoms in total. The number of aromatic nitrogens is 1. The highest BCUT2D eigenvalue weighted by Crippen LogP contribution is 2.33. The van der Waals surface area contributed by atoms with E-state index in [4.69, 9.17) is 4.74 Å². The Bertz CT molecular complexity index is 1150. The summed E-state index contributed by atoms with van der Waals surface area (Å²) in [5, 5.41) is 1.12. The van der Waals surface area contributed by atoms with Crippen molar-refractivity contribution in [3.05, 3.63) is 58.3 Å². The maximum atomic E-state index is 13.4. The van der Waals surface area contributed by atoms with Crippen molar-refractivity contribution in [1.82, 2.24) is 9.29 Å². The molecule has 0 atom stereocenters. The van der Waals surface area contributed by atoms with Crippen molar-refractivity contribution in [3.8, 4) is 5.75 Å². The highest BCUT2D eigenvalue weighted by molar-refractivity contribution is 7.89. The quantitative estimate of drug-likeness (QED) is 0.746. The summed E-state index contributed by atoms with van der Waals surface area (Å²) in [6.45, 7) is 6.62. The summed E-state index contributed by atoms with van der Waals surface area (Å²) in [5.41, 5.74) is 6.00. The van der Waals surface area contributed by atoms with Gasteiger partial charge in [0.1, 0.15) is 5.75 Å². The lowest BCUT2D eigenvalue weighted by molar-refractivity contribution is 0.390. The Morgan fingerprint density at radius 2 is 1.85 bits per heavy atom. The Labute approximate surface area is 160 Å². The maximum Gasteiger partial charge on any atom is 0.243 e. The fourth-order valence-corrected chi connectivity index (χ4v) is 5.61. The Balaban J connectivity index is 1.76. The van der Waals surface area contributed by atoms with E-state index < -0.39 is 10.0 Å². The Hall–Kier alpha value is -2.31. The maximum absolute atomic E-state index is 13.4. The molecule has 0 bridgehead atoms. The number of nitrogens with one attached hydrogen (secondary N) is 1. The van der Waals surface area contributed by atoms with Crippen LogP contribution >= 0.6 is 0 Å². The van der Waals surface area contributed by atoms with E-state index in [0.29, 0.717) is 35.7 Å².